The van der Waals surface area contributed by atoms with Gasteiger partial charge in [-0.3, -0.25) is 5.43 Å². The fraction of sp³-hybridized carbons (Fsp3) is 0.0667. The van der Waals surface area contributed by atoms with Gasteiger partial charge in [0.2, 0.25) is 0 Å². The molecule has 0 saturated heterocycles. The maximum Gasteiger partial charge on any atom is 0.191 e. The average Bonchev–Trinajstić information content (AvgIpc) is 2.41. The lowest BCUT2D eigenvalue weighted by Crippen LogP contribution is -2.23. The standard InChI is InChI=1S/C15H14ClN3S/c1-11-5-4-7-13(9-11)18-15(20)19-17-10-12-6-2-3-8-14(12)16/h2-10H,1H3,(H2,18,19,20). The summed E-state index contributed by atoms with van der Waals surface area (Å²) in [6.45, 7) is 2.03. The fourth-order valence-electron chi connectivity index (χ4n) is 1.62. The van der Waals surface area contributed by atoms with Crippen LogP contribution in [0, 0.1) is 6.92 Å². The van der Waals surface area contributed by atoms with Crippen LogP contribution in [0.15, 0.2) is 53.6 Å². The van der Waals surface area contributed by atoms with Gasteiger partial charge in [0, 0.05) is 16.3 Å². The molecule has 0 spiro atoms. The summed E-state index contributed by atoms with van der Waals surface area (Å²) < 4.78 is 0. The van der Waals surface area contributed by atoms with Crippen molar-refractivity contribution in [2.24, 2.45) is 5.10 Å². The summed E-state index contributed by atoms with van der Waals surface area (Å²) in [6, 6.07) is 15.4. The molecule has 0 aliphatic carbocycles. The second-order valence-electron chi connectivity index (χ2n) is 4.22. The van der Waals surface area contributed by atoms with E-state index in [0.29, 0.717) is 10.1 Å². The van der Waals surface area contributed by atoms with Gasteiger partial charge in [-0.05, 0) is 42.9 Å². The molecule has 2 N–H and O–H groups in total. The SMILES string of the molecule is Cc1cccc(NC(=S)NN=Cc2ccccc2Cl)c1. The molecule has 0 atom stereocenters. The summed E-state index contributed by atoms with van der Waals surface area (Å²) in [5, 5.41) is 8.19. The Morgan fingerprint density at radius 3 is 2.75 bits per heavy atom. The van der Waals surface area contributed by atoms with Crippen molar-refractivity contribution >= 4 is 40.8 Å². The molecule has 0 unspecified atom stereocenters. The average molecular weight is 304 g/mol. The zero-order valence-electron chi connectivity index (χ0n) is 10.9. The molecule has 0 aliphatic rings. The van der Waals surface area contributed by atoms with Gasteiger partial charge < -0.3 is 5.32 Å². The van der Waals surface area contributed by atoms with Gasteiger partial charge in [-0.25, -0.2) is 0 Å². The molecule has 0 heterocycles. The van der Waals surface area contributed by atoms with E-state index in [9.17, 15) is 0 Å². The Bertz CT molecular complexity index is 641. The highest BCUT2D eigenvalue weighted by Gasteiger charge is 1.97. The van der Waals surface area contributed by atoms with Crippen LogP contribution >= 0.6 is 23.8 Å². The van der Waals surface area contributed by atoms with E-state index in [1.165, 1.54) is 0 Å². The highest BCUT2D eigenvalue weighted by atomic mass is 35.5. The number of benzene rings is 2. The molecule has 2 rings (SSSR count). The number of anilines is 1. The Morgan fingerprint density at radius 2 is 2.00 bits per heavy atom. The first kappa shape index (κ1) is 14.5. The van der Waals surface area contributed by atoms with Crippen molar-refractivity contribution in [1.29, 1.82) is 0 Å². The lowest BCUT2D eigenvalue weighted by molar-refractivity contribution is 1.05. The maximum absolute atomic E-state index is 6.02. The van der Waals surface area contributed by atoms with Gasteiger partial charge in [0.15, 0.2) is 5.11 Å². The monoisotopic (exact) mass is 303 g/mol. The van der Waals surface area contributed by atoms with E-state index in [0.717, 1.165) is 16.8 Å². The fourth-order valence-corrected chi connectivity index (χ4v) is 1.98. The van der Waals surface area contributed by atoms with Crippen molar-refractivity contribution in [3.63, 3.8) is 0 Å². The van der Waals surface area contributed by atoms with Gasteiger partial charge >= 0.3 is 0 Å². The predicted molar refractivity (Wildman–Crippen MR) is 89.6 cm³/mol. The first-order valence-electron chi connectivity index (χ1n) is 6.06. The minimum absolute atomic E-state index is 0.430. The van der Waals surface area contributed by atoms with E-state index >= 15 is 0 Å². The van der Waals surface area contributed by atoms with Gasteiger partial charge in [0.1, 0.15) is 0 Å². The minimum atomic E-state index is 0.430. The third-order valence-corrected chi connectivity index (χ3v) is 3.09. The van der Waals surface area contributed by atoms with Gasteiger partial charge in [-0.1, -0.05) is 41.9 Å². The summed E-state index contributed by atoms with van der Waals surface area (Å²) in [5.41, 5.74) is 5.68. The predicted octanol–water partition coefficient (Wildman–Crippen LogP) is 3.97. The summed E-state index contributed by atoms with van der Waals surface area (Å²) in [4.78, 5) is 0. The highest BCUT2D eigenvalue weighted by molar-refractivity contribution is 7.80. The zero-order valence-corrected chi connectivity index (χ0v) is 12.5. The van der Waals surface area contributed by atoms with E-state index < -0.39 is 0 Å². The third kappa shape index (κ3) is 4.33. The van der Waals surface area contributed by atoms with Crippen LogP contribution < -0.4 is 10.7 Å². The van der Waals surface area contributed by atoms with Crippen molar-refractivity contribution in [3.05, 3.63) is 64.7 Å². The Balaban J connectivity index is 1.91. The Morgan fingerprint density at radius 1 is 1.20 bits per heavy atom. The van der Waals surface area contributed by atoms with Crippen LogP contribution in [0.5, 0.6) is 0 Å². The Kier molecular flexibility index (Phi) is 5.09. The van der Waals surface area contributed by atoms with E-state index in [4.69, 9.17) is 23.8 Å². The van der Waals surface area contributed by atoms with Crippen LogP contribution in [0.1, 0.15) is 11.1 Å². The number of hydrazone groups is 1. The van der Waals surface area contributed by atoms with Crippen LogP contribution in [0.4, 0.5) is 5.69 Å². The second kappa shape index (κ2) is 7.03. The first-order valence-corrected chi connectivity index (χ1v) is 6.85. The van der Waals surface area contributed by atoms with Gasteiger partial charge in [0.25, 0.3) is 0 Å². The first-order chi connectivity index (χ1) is 9.65. The smallest absolute Gasteiger partial charge is 0.191 e. The summed E-state index contributed by atoms with van der Waals surface area (Å²) in [7, 11) is 0. The largest absolute Gasteiger partial charge is 0.331 e. The molecule has 0 aromatic heterocycles. The third-order valence-electron chi connectivity index (χ3n) is 2.55. The number of thiocarbonyl (C=S) groups is 1. The number of rotatable bonds is 3. The molecule has 5 heteroatoms. The van der Waals surface area contributed by atoms with Crippen molar-refractivity contribution in [2.75, 3.05) is 5.32 Å². The lowest BCUT2D eigenvalue weighted by atomic mass is 10.2. The summed E-state index contributed by atoms with van der Waals surface area (Å²) >= 11 is 11.2. The quantitative estimate of drug-likeness (QED) is 0.512. The number of hydrogen-bond acceptors (Lipinski definition) is 2. The molecule has 0 radical (unpaired) electrons. The Labute approximate surface area is 128 Å². The number of aryl methyl sites for hydroxylation is 1. The van der Waals surface area contributed by atoms with Crippen LogP contribution in [0.25, 0.3) is 0 Å². The Hall–Kier alpha value is -1.91. The molecular weight excluding hydrogens is 290 g/mol. The van der Waals surface area contributed by atoms with Crippen LogP contribution in [-0.4, -0.2) is 11.3 Å². The van der Waals surface area contributed by atoms with Gasteiger partial charge in [0.05, 0.1) is 6.21 Å². The number of hydrogen-bond donors (Lipinski definition) is 2. The van der Waals surface area contributed by atoms with Crippen molar-refractivity contribution < 1.29 is 0 Å². The van der Waals surface area contributed by atoms with Crippen LogP contribution in [0.2, 0.25) is 5.02 Å². The van der Waals surface area contributed by atoms with Crippen LogP contribution in [0.3, 0.4) is 0 Å². The molecule has 20 heavy (non-hydrogen) atoms. The van der Waals surface area contributed by atoms with Crippen molar-refractivity contribution in [1.82, 2.24) is 5.43 Å². The molecule has 2 aromatic carbocycles. The number of nitrogens with one attached hydrogen (secondary N) is 2. The topological polar surface area (TPSA) is 36.4 Å². The number of nitrogens with zero attached hydrogens (tertiary/aromatic N) is 1. The molecule has 0 fully saturated rings. The highest BCUT2D eigenvalue weighted by Crippen LogP contribution is 2.12. The molecule has 0 bridgehead atoms. The normalized spacial score (nSPS) is 10.5. The molecule has 0 aliphatic heterocycles. The van der Waals surface area contributed by atoms with E-state index in [2.05, 4.69) is 15.8 Å². The van der Waals surface area contributed by atoms with Crippen molar-refractivity contribution in [3.8, 4) is 0 Å². The minimum Gasteiger partial charge on any atom is -0.331 e. The molecule has 3 nitrogen and oxygen atoms in total. The molecular formula is C15H14ClN3S. The van der Waals surface area contributed by atoms with Gasteiger partial charge in [-0.15, -0.1) is 0 Å². The van der Waals surface area contributed by atoms with E-state index in [1.807, 2.05) is 55.5 Å². The number of halogens is 1. The molecule has 2 aromatic rings. The molecule has 0 saturated carbocycles. The second-order valence-corrected chi connectivity index (χ2v) is 5.03. The summed E-state index contributed by atoms with van der Waals surface area (Å²) in [5.74, 6) is 0. The van der Waals surface area contributed by atoms with E-state index in [-0.39, 0.29) is 0 Å². The van der Waals surface area contributed by atoms with E-state index in [1.54, 1.807) is 6.21 Å². The summed E-state index contributed by atoms with van der Waals surface area (Å²) in [6.07, 6.45) is 1.63. The molecule has 0 amide bonds. The van der Waals surface area contributed by atoms with Gasteiger partial charge in [-0.2, -0.15) is 5.10 Å². The maximum atomic E-state index is 6.02. The van der Waals surface area contributed by atoms with Crippen LogP contribution in [-0.2, 0) is 0 Å². The molecule has 102 valence electrons. The lowest BCUT2D eigenvalue weighted by Gasteiger charge is -2.07. The van der Waals surface area contributed by atoms with Crippen molar-refractivity contribution in [2.45, 2.75) is 6.92 Å². The zero-order chi connectivity index (χ0) is 14.4.